The molecule has 0 bridgehead atoms. The maximum atomic E-state index is 12.3. The first-order valence-corrected chi connectivity index (χ1v) is 11.3. The first kappa shape index (κ1) is 20.8. The number of hydrogen-bond acceptors (Lipinski definition) is 3. The standard InChI is InChI=1S/C24H32N2OS/c1-18-6-12-23(13-7-18)28-16-14-24(27)25-20(3)21-8-10-22(11-9-21)26-15-4-5-19(2)17-26/h6-13,19-20H,4-5,14-17H2,1-3H3,(H,25,27)/t19-,20-/m0/s1. The zero-order chi connectivity index (χ0) is 19.9. The van der Waals surface area contributed by atoms with E-state index in [2.05, 4.69) is 79.5 Å². The molecule has 2 aromatic carbocycles. The summed E-state index contributed by atoms with van der Waals surface area (Å²) < 4.78 is 0. The number of amides is 1. The molecule has 1 aliphatic heterocycles. The van der Waals surface area contributed by atoms with E-state index in [9.17, 15) is 4.79 Å². The number of benzene rings is 2. The Morgan fingerprint density at radius 1 is 1.18 bits per heavy atom. The fourth-order valence-electron chi connectivity index (χ4n) is 3.69. The average molecular weight is 397 g/mol. The van der Waals surface area contributed by atoms with Gasteiger partial charge in [0.15, 0.2) is 0 Å². The molecule has 1 heterocycles. The van der Waals surface area contributed by atoms with Crippen LogP contribution in [0, 0.1) is 12.8 Å². The molecule has 2 atom stereocenters. The largest absolute Gasteiger partial charge is 0.371 e. The Morgan fingerprint density at radius 2 is 1.89 bits per heavy atom. The molecule has 0 radical (unpaired) electrons. The number of rotatable bonds is 7. The second kappa shape index (κ2) is 10.0. The van der Waals surface area contributed by atoms with Crippen molar-refractivity contribution < 1.29 is 4.79 Å². The predicted octanol–water partition coefficient (Wildman–Crippen LogP) is 5.59. The van der Waals surface area contributed by atoms with Crippen molar-refractivity contribution in [3.8, 4) is 0 Å². The normalized spacial score (nSPS) is 18.0. The first-order chi connectivity index (χ1) is 13.5. The van der Waals surface area contributed by atoms with Crippen LogP contribution in [-0.2, 0) is 4.79 Å². The molecular weight excluding hydrogens is 364 g/mol. The molecule has 0 aromatic heterocycles. The van der Waals surface area contributed by atoms with Gasteiger partial charge in [-0.05, 0) is 62.4 Å². The van der Waals surface area contributed by atoms with Crippen LogP contribution in [0.5, 0.6) is 0 Å². The zero-order valence-electron chi connectivity index (χ0n) is 17.3. The van der Waals surface area contributed by atoms with E-state index in [1.54, 1.807) is 11.8 Å². The van der Waals surface area contributed by atoms with Gasteiger partial charge in [0.1, 0.15) is 0 Å². The monoisotopic (exact) mass is 396 g/mol. The number of anilines is 1. The van der Waals surface area contributed by atoms with Gasteiger partial charge >= 0.3 is 0 Å². The number of carbonyl (C=O) groups is 1. The Labute approximate surface area is 173 Å². The van der Waals surface area contributed by atoms with Gasteiger partial charge in [-0.1, -0.05) is 36.8 Å². The van der Waals surface area contributed by atoms with Crippen LogP contribution in [0.2, 0.25) is 0 Å². The molecule has 3 rings (SSSR count). The van der Waals surface area contributed by atoms with Crippen molar-refractivity contribution >= 4 is 23.4 Å². The summed E-state index contributed by atoms with van der Waals surface area (Å²) in [6.07, 6.45) is 3.14. The van der Waals surface area contributed by atoms with Gasteiger partial charge < -0.3 is 10.2 Å². The smallest absolute Gasteiger partial charge is 0.221 e. The average Bonchev–Trinajstić information content (AvgIpc) is 2.69. The van der Waals surface area contributed by atoms with Crippen LogP contribution in [-0.4, -0.2) is 24.7 Å². The third kappa shape index (κ3) is 6.03. The van der Waals surface area contributed by atoms with Gasteiger partial charge in [0.05, 0.1) is 6.04 Å². The van der Waals surface area contributed by atoms with Crippen molar-refractivity contribution in [2.24, 2.45) is 5.92 Å². The quantitative estimate of drug-likeness (QED) is 0.619. The summed E-state index contributed by atoms with van der Waals surface area (Å²) >= 11 is 1.73. The maximum Gasteiger partial charge on any atom is 0.221 e. The molecule has 0 spiro atoms. The van der Waals surface area contributed by atoms with Crippen molar-refractivity contribution in [3.05, 3.63) is 59.7 Å². The molecule has 1 N–H and O–H groups in total. The molecule has 150 valence electrons. The minimum atomic E-state index is 0.0335. The van der Waals surface area contributed by atoms with E-state index in [1.807, 2.05) is 0 Å². The minimum Gasteiger partial charge on any atom is -0.371 e. The molecule has 1 amide bonds. The Kier molecular flexibility index (Phi) is 7.43. The molecule has 1 aliphatic rings. The second-order valence-corrected chi connectivity index (χ2v) is 9.15. The number of hydrogen-bond donors (Lipinski definition) is 1. The number of piperidine rings is 1. The highest BCUT2D eigenvalue weighted by atomic mass is 32.2. The number of carbonyl (C=O) groups excluding carboxylic acids is 1. The summed E-state index contributed by atoms with van der Waals surface area (Å²) in [5.41, 5.74) is 3.72. The van der Waals surface area contributed by atoms with E-state index in [4.69, 9.17) is 0 Å². The van der Waals surface area contributed by atoms with Crippen LogP contribution >= 0.6 is 11.8 Å². The molecule has 2 aromatic rings. The molecule has 0 saturated carbocycles. The van der Waals surface area contributed by atoms with E-state index in [1.165, 1.54) is 29.0 Å². The van der Waals surface area contributed by atoms with Crippen LogP contribution in [0.4, 0.5) is 5.69 Å². The zero-order valence-corrected chi connectivity index (χ0v) is 18.1. The Bertz CT molecular complexity index is 757. The summed E-state index contributed by atoms with van der Waals surface area (Å²) in [4.78, 5) is 16.0. The van der Waals surface area contributed by atoms with Crippen molar-refractivity contribution in [1.29, 1.82) is 0 Å². The molecule has 1 fully saturated rings. The third-order valence-corrected chi connectivity index (χ3v) is 6.43. The molecule has 4 heteroatoms. The van der Waals surface area contributed by atoms with Crippen molar-refractivity contribution in [2.45, 2.75) is 51.0 Å². The van der Waals surface area contributed by atoms with Gasteiger partial charge in [0.2, 0.25) is 5.91 Å². The van der Waals surface area contributed by atoms with Gasteiger partial charge in [-0.25, -0.2) is 0 Å². The lowest BCUT2D eigenvalue weighted by molar-refractivity contribution is -0.121. The lowest BCUT2D eigenvalue weighted by atomic mass is 9.99. The van der Waals surface area contributed by atoms with E-state index in [-0.39, 0.29) is 11.9 Å². The summed E-state index contributed by atoms with van der Waals surface area (Å²) in [5.74, 6) is 1.68. The van der Waals surface area contributed by atoms with Gasteiger partial charge in [0, 0.05) is 35.8 Å². The highest BCUT2D eigenvalue weighted by Gasteiger charge is 2.17. The molecule has 0 aliphatic carbocycles. The first-order valence-electron chi connectivity index (χ1n) is 10.3. The third-order valence-electron chi connectivity index (χ3n) is 5.41. The fourth-order valence-corrected chi connectivity index (χ4v) is 4.54. The van der Waals surface area contributed by atoms with Gasteiger partial charge in [-0.15, -0.1) is 11.8 Å². The summed E-state index contributed by atoms with van der Waals surface area (Å²) in [5, 5.41) is 3.13. The number of thioether (sulfide) groups is 1. The van der Waals surface area contributed by atoms with Gasteiger partial charge in [0.25, 0.3) is 0 Å². The predicted molar refractivity (Wildman–Crippen MR) is 120 cm³/mol. The van der Waals surface area contributed by atoms with Crippen LogP contribution in [0.1, 0.15) is 50.3 Å². The van der Waals surface area contributed by atoms with E-state index in [0.29, 0.717) is 6.42 Å². The minimum absolute atomic E-state index is 0.0335. The van der Waals surface area contributed by atoms with Crippen LogP contribution in [0.3, 0.4) is 0 Å². The molecule has 1 saturated heterocycles. The van der Waals surface area contributed by atoms with Gasteiger partial charge in [-0.2, -0.15) is 0 Å². The maximum absolute atomic E-state index is 12.3. The topological polar surface area (TPSA) is 32.3 Å². The molecule has 0 unspecified atom stereocenters. The number of aryl methyl sites for hydroxylation is 1. The number of nitrogens with zero attached hydrogens (tertiary/aromatic N) is 1. The molecule has 3 nitrogen and oxygen atoms in total. The van der Waals surface area contributed by atoms with E-state index < -0.39 is 0 Å². The lowest BCUT2D eigenvalue weighted by Crippen LogP contribution is -2.34. The second-order valence-electron chi connectivity index (χ2n) is 7.99. The Hall–Kier alpha value is -1.94. The highest BCUT2D eigenvalue weighted by Crippen LogP contribution is 2.25. The van der Waals surface area contributed by atoms with Crippen LogP contribution < -0.4 is 10.2 Å². The Morgan fingerprint density at radius 3 is 2.57 bits per heavy atom. The molecule has 28 heavy (non-hydrogen) atoms. The van der Waals surface area contributed by atoms with Crippen molar-refractivity contribution in [2.75, 3.05) is 23.7 Å². The van der Waals surface area contributed by atoms with Crippen molar-refractivity contribution in [3.63, 3.8) is 0 Å². The summed E-state index contributed by atoms with van der Waals surface area (Å²) in [6, 6.07) is 17.2. The molecular formula is C24H32N2OS. The van der Waals surface area contributed by atoms with Crippen molar-refractivity contribution in [1.82, 2.24) is 5.32 Å². The van der Waals surface area contributed by atoms with E-state index >= 15 is 0 Å². The summed E-state index contributed by atoms with van der Waals surface area (Å²) in [6.45, 7) is 8.76. The lowest BCUT2D eigenvalue weighted by Gasteiger charge is -2.33. The van der Waals surface area contributed by atoms with Crippen LogP contribution in [0.15, 0.2) is 53.4 Å². The highest BCUT2D eigenvalue weighted by molar-refractivity contribution is 7.99. The SMILES string of the molecule is Cc1ccc(SCCC(=O)N[C@@H](C)c2ccc(N3CCC[C@H](C)C3)cc2)cc1. The van der Waals surface area contributed by atoms with E-state index in [0.717, 1.165) is 30.3 Å². The summed E-state index contributed by atoms with van der Waals surface area (Å²) in [7, 11) is 0. The fraction of sp³-hybridized carbons (Fsp3) is 0.458. The number of nitrogens with one attached hydrogen (secondary N) is 1. The Balaban J connectivity index is 1.45. The van der Waals surface area contributed by atoms with Crippen LogP contribution in [0.25, 0.3) is 0 Å². The van der Waals surface area contributed by atoms with Gasteiger partial charge in [-0.3, -0.25) is 4.79 Å².